The summed E-state index contributed by atoms with van der Waals surface area (Å²) in [5, 5.41) is 15.0. The molecule has 104 valence electrons. The Hall–Kier alpha value is -1.79. The van der Waals surface area contributed by atoms with E-state index < -0.39 is 11.9 Å². The Bertz CT molecular complexity index is 479. The quantitative estimate of drug-likeness (QED) is 0.617. The zero-order valence-corrected chi connectivity index (χ0v) is 11.2. The minimum atomic E-state index is -0.697. The molecule has 1 unspecified atom stereocenters. The molecule has 0 aromatic heterocycles. The summed E-state index contributed by atoms with van der Waals surface area (Å²) in [6.07, 6.45) is 0. The van der Waals surface area contributed by atoms with Gasteiger partial charge in [0.15, 0.2) is 0 Å². The van der Waals surface area contributed by atoms with Crippen molar-refractivity contribution in [3.63, 3.8) is 0 Å². The second kappa shape index (κ2) is 6.96. The van der Waals surface area contributed by atoms with E-state index in [1.54, 1.807) is 19.1 Å². The van der Waals surface area contributed by atoms with Crippen LogP contribution in [0.3, 0.4) is 0 Å². The van der Waals surface area contributed by atoms with Crippen molar-refractivity contribution in [3.8, 4) is 5.75 Å². The van der Waals surface area contributed by atoms with Crippen molar-refractivity contribution in [1.29, 1.82) is 0 Å². The van der Waals surface area contributed by atoms with Crippen LogP contribution in [-0.2, 0) is 16.1 Å². The van der Waals surface area contributed by atoms with E-state index in [0.717, 1.165) is 0 Å². The van der Waals surface area contributed by atoms with E-state index in [1.807, 2.05) is 0 Å². The number of rotatable bonds is 5. The molecule has 1 aromatic carbocycles. The number of nitrogens with one attached hydrogen (secondary N) is 2. The van der Waals surface area contributed by atoms with E-state index in [1.165, 1.54) is 6.07 Å². The average molecular weight is 286 g/mol. The van der Waals surface area contributed by atoms with Gasteiger partial charge in [-0.15, -0.1) is 0 Å². The molecule has 19 heavy (non-hydrogen) atoms. The van der Waals surface area contributed by atoms with Crippen molar-refractivity contribution in [2.75, 3.05) is 6.54 Å². The van der Waals surface area contributed by atoms with Gasteiger partial charge in [-0.05, 0) is 25.1 Å². The van der Waals surface area contributed by atoms with Gasteiger partial charge in [-0.1, -0.05) is 11.6 Å². The molecule has 0 aliphatic carbocycles. The van der Waals surface area contributed by atoms with Gasteiger partial charge in [-0.25, -0.2) is 0 Å². The van der Waals surface area contributed by atoms with Gasteiger partial charge in [0, 0.05) is 17.1 Å². The van der Waals surface area contributed by atoms with Crippen molar-refractivity contribution in [2.24, 2.45) is 5.73 Å². The number of hydrogen-bond donors (Lipinski definition) is 4. The molecular weight excluding hydrogens is 270 g/mol. The van der Waals surface area contributed by atoms with Crippen molar-refractivity contribution in [3.05, 3.63) is 28.8 Å². The third-order valence-electron chi connectivity index (χ3n) is 2.45. The average Bonchev–Trinajstić information content (AvgIpc) is 2.39. The lowest BCUT2D eigenvalue weighted by molar-refractivity contribution is -0.128. The summed E-state index contributed by atoms with van der Waals surface area (Å²) in [6.45, 7) is 1.49. The van der Waals surface area contributed by atoms with Crippen molar-refractivity contribution < 1.29 is 14.7 Å². The van der Waals surface area contributed by atoms with Gasteiger partial charge in [0.25, 0.3) is 0 Å². The van der Waals surface area contributed by atoms with Crippen LogP contribution in [0, 0.1) is 0 Å². The summed E-state index contributed by atoms with van der Waals surface area (Å²) in [4.78, 5) is 22.7. The van der Waals surface area contributed by atoms with Crippen molar-refractivity contribution in [2.45, 2.75) is 19.5 Å². The number of carbonyl (C=O) groups excluding carboxylic acids is 2. The molecule has 6 nitrogen and oxygen atoms in total. The molecule has 0 aliphatic rings. The highest BCUT2D eigenvalue weighted by molar-refractivity contribution is 6.30. The van der Waals surface area contributed by atoms with Crippen molar-refractivity contribution in [1.82, 2.24) is 10.6 Å². The Morgan fingerprint density at radius 3 is 2.79 bits per heavy atom. The predicted octanol–water partition coefficient (Wildman–Crippen LogP) is 0.125. The standard InChI is InChI=1S/C12H16ClN3O3/c1-7(16-11(18)5-14)12(19)15-6-8-4-9(13)2-3-10(8)17/h2-4,7,17H,5-6,14H2,1H3,(H,15,19)(H,16,18). The van der Waals surface area contributed by atoms with Gasteiger partial charge in [-0.3, -0.25) is 9.59 Å². The summed E-state index contributed by atoms with van der Waals surface area (Å²) >= 11 is 5.79. The molecule has 0 spiro atoms. The summed E-state index contributed by atoms with van der Waals surface area (Å²) < 4.78 is 0. The zero-order valence-electron chi connectivity index (χ0n) is 10.4. The summed E-state index contributed by atoms with van der Waals surface area (Å²) in [7, 11) is 0. The monoisotopic (exact) mass is 285 g/mol. The van der Waals surface area contributed by atoms with Crippen molar-refractivity contribution >= 4 is 23.4 Å². The molecule has 1 aromatic rings. The Kier molecular flexibility index (Phi) is 5.59. The van der Waals surface area contributed by atoms with E-state index in [-0.39, 0.29) is 24.7 Å². The molecule has 0 heterocycles. The fourth-order valence-electron chi connectivity index (χ4n) is 1.40. The number of carbonyl (C=O) groups is 2. The maximum atomic E-state index is 11.7. The van der Waals surface area contributed by atoms with Gasteiger partial charge < -0.3 is 21.5 Å². The number of phenolic OH excluding ortho intramolecular Hbond substituents is 1. The van der Waals surface area contributed by atoms with Crippen LogP contribution in [0.4, 0.5) is 0 Å². The van der Waals surface area contributed by atoms with Crippen LogP contribution in [0.15, 0.2) is 18.2 Å². The molecule has 0 aliphatic heterocycles. The molecular formula is C12H16ClN3O3. The van der Waals surface area contributed by atoms with Crippen LogP contribution >= 0.6 is 11.6 Å². The second-order valence-corrected chi connectivity index (χ2v) is 4.42. The van der Waals surface area contributed by atoms with E-state index in [0.29, 0.717) is 10.6 Å². The summed E-state index contributed by atoms with van der Waals surface area (Å²) in [5.74, 6) is -0.738. The summed E-state index contributed by atoms with van der Waals surface area (Å²) in [5.41, 5.74) is 5.63. The van der Waals surface area contributed by atoms with Crippen LogP contribution in [-0.4, -0.2) is 29.5 Å². The maximum absolute atomic E-state index is 11.7. The van der Waals surface area contributed by atoms with Gasteiger partial charge in [0.1, 0.15) is 11.8 Å². The van der Waals surface area contributed by atoms with E-state index in [4.69, 9.17) is 17.3 Å². The first-order chi connectivity index (χ1) is 8.93. The van der Waals surface area contributed by atoms with Gasteiger partial charge in [0.05, 0.1) is 6.54 Å². The fraction of sp³-hybridized carbons (Fsp3) is 0.333. The third kappa shape index (κ3) is 4.76. The highest BCUT2D eigenvalue weighted by atomic mass is 35.5. The lowest BCUT2D eigenvalue weighted by Crippen LogP contribution is -2.46. The normalized spacial score (nSPS) is 11.7. The Balaban J connectivity index is 2.54. The first-order valence-corrected chi connectivity index (χ1v) is 6.06. The molecule has 5 N–H and O–H groups in total. The van der Waals surface area contributed by atoms with Crippen LogP contribution in [0.5, 0.6) is 5.75 Å². The molecule has 0 fully saturated rings. The topological polar surface area (TPSA) is 104 Å². The van der Waals surface area contributed by atoms with Crippen LogP contribution < -0.4 is 16.4 Å². The molecule has 1 rings (SSSR count). The lowest BCUT2D eigenvalue weighted by Gasteiger charge is -2.14. The molecule has 2 amide bonds. The fourth-order valence-corrected chi connectivity index (χ4v) is 1.59. The van der Waals surface area contributed by atoms with Gasteiger partial charge >= 0.3 is 0 Å². The minimum Gasteiger partial charge on any atom is -0.508 e. The van der Waals surface area contributed by atoms with Crippen LogP contribution in [0.2, 0.25) is 5.02 Å². The number of aromatic hydroxyl groups is 1. The molecule has 0 saturated heterocycles. The van der Waals surface area contributed by atoms with Crippen LogP contribution in [0.1, 0.15) is 12.5 Å². The minimum absolute atomic E-state index is 0.0448. The van der Waals surface area contributed by atoms with Gasteiger partial charge in [0.2, 0.25) is 11.8 Å². The highest BCUT2D eigenvalue weighted by Gasteiger charge is 2.14. The summed E-state index contributed by atoms with van der Waals surface area (Å²) in [6, 6.07) is 3.85. The molecule has 7 heteroatoms. The number of phenols is 1. The highest BCUT2D eigenvalue weighted by Crippen LogP contribution is 2.21. The first kappa shape index (κ1) is 15.3. The Morgan fingerprint density at radius 2 is 2.16 bits per heavy atom. The number of nitrogens with two attached hydrogens (primary N) is 1. The number of benzene rings is 1. The SMILES string of the molecule is CC(NC(=O)CN)C(=O)NCc1cc(Cl)ccc1O. The first-order valence-electron chi connectivity index (χ1n) is 5.68. The number of hydrogen-bond acceptors (Lipinski definition) is 4. The molecule has 0 saturated carbocycles. The van der Waals surface area contributed by atoms with E-state index in [9.17, 15) is 14.7 Å². The zero-order chi connectivity index (χ0) is 14.4. The van der Waals surface area contributed by atoms with E-state index >= 15 is 0 Å². The Labute approximate surface area is 115 Å². The Morgan fingerprint density at radius 1 is 1.47 bits per heavy atom. The lowest BCUT2D eigenvalue weighted by atomic mass is 10.2. The smallest absolute Gasteiger partial charge is 0.242 e. The third-order valence-corrected chi connectivity index (χ3v) is 2.69. The number of amides is 2. The van der Waals surface area contributed by atoms with Gasteiger partial charge in [-0.2, -0.15) is 0 Å². The van der Waals surface area contributed by atoms with Crippen LogP contribution in [0.25, 0.3) is 0 Å². The number of halogens is 1. The second-order valence-electron chi connectivity index (χ2n) is 3.98. The predicted molar refractivity (Wildman–Crippen MR) is 71.6 cm³/mol. The molecule has 0 bridgehead atoms. The largest absolute Gasteiger partial charge is 0.508 e. The molecule has 0 radical (unpaired) electrons. The maximum Gasteiger partial charge on any atom is 0.242 e. The molecule has 1 atom stereocenters. The van der Waals surface area contributed by atoms with E-state index in [2.05, 4.69) is 10.6 Å².